The molecule has 2 atom stereocenters. The van der Waals surface area contributed by atoms with Crippen molar-refractivity contribution in [3.05, 3.63) is 33.3 Å². The Balaban J connectivity index is 2.76. The summed E-state index contributed by atoms with van der Waals surface area (Å²) < 4.78 is 0.995. The van der Waals surface area contributed by atoms with Gasteiger partial charge in [-0.2, -0.15) is 0 Å². The fraction of sp³-hybridized carbons (Fsp3) is 0.600. The summed E-state index contributed by atoms with van der Waals surface area (Å²) in [7, 11) is 0. The van der Waals surface area contributed by atoms with Crippen LogP contribution in [-0.4, -0.2) is 0 Å². The molecule has 0 heterocycles. The van der Waals surface area contributed by atoms with Crippen LogP contribution in [0, 0.1) is 5.92 Å². The smallest absolute Gasteiger partial charge is 0.0477 e. The number of hydrazine groups is 1. The number of hydrogen-bond acceptors (Lipinski definition) is 2. The number of unbranched alkanes of at least 4 members (excludes halogenated alkanes) is 1. The molecule has 19 heavy (non-hydrogen) atoms. The van der Waals surface area contributed by atoms with Crippen LogP contribution in [0.25, 0.3) is 0 Å². The molecule has 1 rings (SSSR count). The topological polar surface area (TPSA) is 38.0 Å². The van der Waals surface area contributed by atoms with Crippen LogP contribution in [0.3, 0.4) is 0 Å². The minimum absolute atomic E-state index is 0.127. The molecule has 108 valence electrons. The van der Waals surface area contributed by atoms with E-state index in [1.54, 1.807) is 0 Å². The normalized spacial score (nSPS) is 14.4. The van der Waals surface area contributed by atoms with Crippen LogP contribution in [-0.2, 0) is 0 Å². The molecular weight excluding hydrogens is 324 g/mol. The molecule has 0 aliphatic rings. The zero-order valence-corrected chi connectivity index (χ0v) is 14.1. The zero-order chi connectivity index (χ0) is 14.3. The first kappa shape index (κ1) is 17.0. The fourth-order valence-corrected chi connectivity index (χ4v) is 3.19. The van der Waals surface area contributed by atoms with Gasteiger partial charge in [0.15, 0.2) is 0 Å². The number of rotatable bonds is 8. The van der Waals surface area contributed by atoms with Crippen molar-refractivity contribution >= 4 is 27.5 Å². The molecule has 0 spiro atoms. The van der Waals surface area contributed by atoms with E-state index >= 15 is 0 Å². The summed E-state index contributed by atoms with van der Waals surface area (Å²) in [4.78, 5) is 0. The van der Waals surface area contributed by atoms with E-state index in [-0.39, 0.29) is 6.04 Å². The molecule has 0 radical (unpaired) electrons. The van der Waals surface area contributed by atoms with Crippen molar-refractivity contribution in [2.24, 2.45) is 11.8 Å². The van der Waals surface area contributed by atoms with Gasteiger partial charge in [-0.25, -0.2) is 0 Å². The molecule has 0 saturated carbocycles. The van der Waals surface area contributed by atoms with Gasteiger partial charge < -0.3 is 0 Å². The monoisotopic (exact) mass is 346 g/mol. The van der Waals surface area contributed by atoms with E-state index in [4.69, 9.17) is 17.4 Å². The average molecular weight is 348 g/mol. The van der Waals surface area contributed by atoms with Crippen molar-refractivity contribution in [1.82, 2.24) is 5.43 Å². The molecule has 2 nitrogen and oxygen atoms in total. The highest BCUT2D eigenvalue weighted by Crippen LogP contribution is 2.31. The van der Waals surface area contributed by atoms with Gasteiger partial charge in [0.2, 0.25) is 0 Å². The van der Waals surface area contributed by atoms with Gasteiger partial charge in [-0.05, 0) is 30.0 Å². The van der Waals surface area contributed by atoms with Crippen molar-refractivity contribution in [3.63, 3.8) is 0 Å². The third kappa shape index (κ3) is 5.42. The molecule has 0 aliphatic carbocycles. The van der Waals surface area contributed by atoms with E-state index in [2.05, 4.69) is 35.2 Å². The summed E-state index contributed by atoms with van der Waals surface area (Å²) in [6.07, 6.45) is 6.01. The molecule has 0 saturated heterocycles. The van der Waals surface area contributed by atoms with E-state index in [0.717, 1.165) is 21.5 Å². The lowest BCUT2D eigenvalue weighted by molar-refractivity contribution is 0.356. The summed E-state index contributed by atoms with van der Waals surface area (Å²) in [5.41, 5.74) is 4.01. The van der Waals surface area contributed by atoms with E-state index in [9.17, 15) is 0 Å². The lowest BCUT2D eigenvalue weighted by Gasteiger charge is -2.23. The van der Waals surface area contributed by atoms with Crippen molar-refractivity contribution < 1.29 is 0 Å². The van der Waals surface area contributed by atoms with Crippen LogP contribution < -0.4 is 11.3 Å². The van der Waals surface area contributed by atoms with Gasteiger partial charge in [-0.3, -0.25) is 11.3 Å². The molecule has 0 amide bonds. The molecule has 0 bridgehead atoms. The zero-order valence-electron chi connectivity index (χ0n) is 11.8. The molecule has 0 fully saturated rings. The average Bonchev–Trinajstić information content (AvgIpc) is 2.40. The Bertz CT molecular complexity index is 384. The standard InChI is InChI=1S/C15H24BrClN2/c1-3-5-6-11(4-2)9-15(19-18)13-8-7-12(16)10-14(13)17/h7-8,10-11,15,19H,3-6,9,18H2,1-2H3. The Morgan fingerprint density at radius 2 is 2.11 bits per heavy atom. The van der Waals surface area contributed by atoms with Gasteiger partial charge in [0, 0.05) is 15.5 Å². The van der Waals surface area contributed by atoms with Crippen LogP contribution in [0.2, 0.25) is 5.02 Å². The third-order valence-electron chi connectivity index (χ3n) is 3.65. The second kappa shape index (κ2) is 8.96. The molecule has 0 aliphatic heterocycles. The Morgan fingerprint density at radius 1 is 1.37 bits per heavy atom. The third-order valence-corrected chi connectivity index (χ3v) is 4.47. The second-order valence-corrected chi connectivity index (χ2v) is 6.36. The number of nitrogens with one attached hydrogen (secondary N) is 1. The quantitative estimate of drug-likeness (QED) is 0.500. The first-order valence-corrected chi connectivity index (χ1v) is 8.20. The number of hydrogen-bond donors (Lipinski definition) is 2. The fourth-order valence-electron chi connectivity index (χ4n) is 2.38. The van der Waals surface area contributed by atoms with Crippen molar-refractivity contribution in [1.29, 1.82) is 0 Å². The highest BCUT2D eigenvalue weighted by Gasteiger charge is 2.18. The SMILES string of the molecule is CCCCC(CC)CC(NN)c1ccc(Br)cc1Cl. The van der Waals surface area contributed by atoms with Gasteiger partial charge >= 0.3 is 0 Å². The number of nitrogens with two attached hydrogens (primary N) is 1. The van der Waals surface area contributed by atoms with Gasteiger partial charge in [0.25, 0.3) is 0 Å². The van der Waals surface area contributed by atoms with Gasteiger partial charge in [0.1, 0.15) is 0 Å². The van der Waals surface area contributed by atoms with Crippen molar-refractivity contribution in [2.75, 3.05) is 0 Å². The Labute approximate surface area is 130 Å². The minimum Gasteiger partial charge on any atom is -0.271 e. The summed E-state index contributed by atoms with van der Waals surface area (Å²) in [5, 5.41) is 0.766. The number of benzene rings is 1. The highest BCUT2D eigenvalue weighted by molar-refractivity contribution is 9.10. The first-order chi connectivity index (χ1) is 9.12. The molecule has 4 heteroatoms. The van der Waals surface area contributed by atoms with Crippen LogP contribution in [0.15, 0.2) is 22.7 Å². The van der Waals surface area contributed by atoms with Crippen LogP contribution in [0.5, 0.6) is 0 Å². The lowest BCUT2D eigenvalue weighted by Crippen LogP contribution is -2.30. The van der Waals surface area contributed by atoms with Crippen LogP contribution >= 0.6 is 27.5 Å². The molecule has 0 aromatic heterocycles. The Hall–Kier alpha value is -0.0900. The van der Waals surface area contributed by atoms with Crippen LogP contribution in [0.1, 0.15) is 57.6 Å². The molecule has 1 aromatic rings. The summed E-state index contributed by atoms with van der Waals surface area (Å²) in [6.45, 7) is 4.48. The van der Waals surface area contributed by atoms with Crippen molar-refractivity contribution in [2.45, 2.75) is 52.0 Å². The Morgan fingerprint density at radius 3 is 2.63 bits per heavy atom. The van der Waals surface area contributed by atoms with Gasteiger partial charge in [-0.15, -0.1) is 0 Å². The maximum absolute atomic E-state index is 6.31. The van der Waals surface area contributed by atoms with Gasteiger partial charge in [-0.1, -0.05) is 73.1 Å². The molecular formula is C15H24BrClN2. The van der Waals surface area contributed by atoms with Crippen molar-refractivity contribution in [3.8, 4) is 0 Å². The van der Waals surface area contributed by atoms with E-state index in [0.29, 0.717) is 5.92 Å². The first-order valence-electron chi connectivity index (χ1n) is 7.03. The van der Waals surface area contributed by atoms with Crippen LogP contribution in [0.4, 0.5) is 0 Å². The van der Waals surface area contributed by atoms with Gasteiger partial charge in [0.05, 0.1) is 0 Å². The summed E-state index contributed by atoms with van der Waals surface area (Å²) >= 11 is 9.74. The summed E-state index contributed by atoms with van der Waals surface area (Å²) in [5.74, 6) is 6.42. The predicted molar refractivity (Wildman–Crippen MR) is 87.1 cm³/mol. The molecule has 2 unspecified atom stereocenters. The highest BCUT2D eigenvalue weighted by atomic mass is 79.9. The van der Waals surface area contributed by atoms with E-state index < -0.39 is 0 Å². The second-order valence-electron chi connectivity index (χ2n) is 5.04. The number of halogens is 2. The predicted octanol–water partition coefficient (Wildman–Crippen LogP) is 5.21. The van der Waals surface area contributed by atoms with E-state index in [1.807, 2.05) is 18.2 Å². The molecule has 1 aromatic carbocycles. The maximum Gasteiger partial charge on any atom is 0.0477 e. The largest absolute Gasteiger partial charge is 0.271 e. The Kier molecular flexibility index (Phi) is 8.00. The molecule has 3 N–H and O–H groups in total. The summed E-state index contributed by atoms with van der Waals surface area (Å²) in [6, 6.07) is 6.11. The van der Waals surface area contributed by atoms with E-state index in [1.165, 1.54) is 25.7 Å². The maximum atomic E-state index is 6.31. The lowest BCUT2D eigenvalue weighted by atomic mass is 9.89. The minimum atomic E-state index is 0.127.